The Morgan fingerprint density at radius 1 is 1.28 bits per heavy atom. The molecule has 0 aromatic heterocycles. The summed E-state index contributed by atoms with van der Waals surface area (Å²) in [6.45, 7) is 0. The molecule has 1 aromatic carbocycles. The summed E-state index contributed by atoms with van der Waals surface area (Å²) in [5, 5.41) is 8.96. The van der Waals surface area contributed by atoms with Gasteiger partial charge in [-0.1, -0.05) is 6.42 Å². The molecule has 2 aliphatic rings. The van der Waals surface area contributed by atoms with Crippen LogP contribution in [0.5, 0.6) is 5.75 Å². The number of hydrogen-bond donors (Lipinski definition) is 2. The van der Waals surface area contributed by atoms with Gasteiger partial charge in [-0.05, 0) is 55.7 Å². The van der Waals surface area contributed by atoms with Crippen LogP contribution in [0.2, 0.25) is 0 Å². The maximum atomic E-state index is 12.9. The summed E-state index contributed by atoms with van der Waals surface area (Å²) in [4.78, 5) is 0.0805. The van der Waals surface area contributed by atoms with Gasteiger partial charge in [0.05, 0.1) is 18.7 Å². The van der Waals surface area contributed by atoms with E-state index in [0.717, 1.165) is 32.1 Å². The first-order valence-electron chi connectivity index (χ1n) is 8.30. The number of benzene rings is 1. The molecule has 1 aromatic rings. The zero-order valence-corrected chi connectivity index (χ0v) is 15.8. The van der Waals surface area contributed by atoms with Gasteiger partial charge in [-0.15, -0.1) is 12.4 Å². The SMILES string of the molecule is COc1cc(C#N)ccc1S(=O)(=O)NC1C2CCCC1CC(N)C2.Cl. The van der Waals surface area contributed by atoms with E-state index in [9.17, 15) is 8.42 Å². The highest BCUT2D eigenvalue weighted by Crippen LogP contribution is 2.40. The number of hydrogen-bond acceptors (Lipinski definition) is 5. The van der Waals surface area contributed by atoms with Crippen LogP contribution in [0.1, 0.15) is 37.7 Å². The van der Waals surface area contributed by atoms with E-state index in [4.69, 9.17) is 15.7 Å². The van der Waals surface area contributed by atoms with Crippen LogP contribution in [0.3, 0.4) is 0 Å². The minimum Gasteiger partial charge on any atom is -0.495 e. The van der Waals surface area contributed by atoms with Gasteiger partial charge < -0.3 is 10.5 Å². The van der Waals surface area contributed by atoms with Crippen LogP contribution >= 0.6 is 12.4 Å². The third kappa shape index (κ3) is 4.09. The number of rotatable bonds is 4. The number of nitrogens with zero attached hydrogens (tertiary/aromatic N) is 1. The van der Waals surface area contributed by atoms with Gasteiger partial charge in [-0.25, -0.2) is 13.1 Å². The molecule has 2 saturated carbocycles. The van der Waals surface area contributed by atoms with Crippen molar-refractivity contribution >= 4 is 22.4 Å². The maximum Gasteiger partial charge on any atom is 0.244 e. The second kappa shape index (κ2) is 7.92. The Morgan fingerprint density at radius 2 is 1.92 bits per heavy atom. The molecule has 138 valence electrons. The van der Waals surface area contributed by atoms with E-state index in [2.05, 4.69) is 4.72 Å². The fourth-order valence-electron chi connectivity index (χ4n) is 4.18. The molecule has 2 fully saturated rings. The van der Waals surface area contributed by atoms with Crippen molar-refractivity contribution in [3.8, 4) is 11.8 Å². The van der Waals surface area contributed by atoms with Gasteiger partial charge in [-0.2, -0.15) is 5.26 Å². The average molecular weight is 386 g/mol. The lowest BCUT2D eigenvalue weighted by molar-refractivity contribution is 0.125. The Morgan fingerprint density at radius 3 is 2.48 bits per heavy atom. The zero-order chi connectivity index (χ0) is 17.3. The van der Waals surface area contributed by atoms with Gasteiger partial charge in [0.1, 0.15) is 10.6 Å². The van der Waals surface area contributed by atoms with Crippen LogP contribution in [0.15, 0.2) is 23.1 Å². The number of sulfonamides is 1. The molecule has 0 radical (unpaired) electrons. The van der Waals surface area contributed by atoms with Crippen molar-refractivity contribution in [3.63, 3.8) is 0 Å². The van der Waals surface area contributed by atoms with E-state index in [1.807, 2.05) is 6.07 Å². The molecule has 3 rings (SSSR count). The molecular weight excluding hydrogens is 362 g/mol. The van der Waals surface area contributed by atoms with E-state index in [1.54, 1.807) is 0 Å². The zero-order valence-electron chi connectivity index (χ0n) is 14.1. The number of nitrogens with one attached hydrogen (secondary N) is 1. The first-order chi connectivity index (χ1) is 11.4. The molecule has 2 aliphatic carbocycles. The van der Waals surface area contributed by atoms with Crippen molar-refractivity contribution in [2.45, 2.75) is 49.1 Å². The third-order valence-corrected chi connectivity index (χ3v) is 6.75. The number of methoxy groups -OCH3 is 1. The minimum absolute atomic E-state index is 0. The molecule has 8 heteroatoms. The second-order valence-electron chi connectivity index (χ2n) is 6.81. The summed E-state index contributed by atoms with van der Waals surface area (Å²) in [5.74, 6) is 0.789. The maximum absolute atomic E-state index is 12.9. The lowest BCUT2D eigenvalue weighted by Gasteiger charge is -2.45. The molecule has 2 atom stereocenters. The summed E-state index contributed by atoms with van der Waals surface area (Å²) in [5.41, 5.74) is 6.48. The Kier molecular flexibility index (Phi) is 6.33. The quantitative estimate of drug-likeness (QED) is 0.826. The fraction of sp³-hybridized carbons (Fsp3) is 0.588. The molecule has 6 nitrogen and oxygen atoms in total. The van der Waals surface area contributed by atoms with Crippen molar-refractivity contribution in [2.75, 3.05) is 7.11 Å². The number of nitriles is 1. The van der Waals surface area contributed by atoms with Crippen LogP contribution in [-0.2, 0) is 10.0 Å². The van der Waals surface area contributed by atoms with Crippen LogP contribution in [0, 0.1) is 23.2 Å². The van der Waals surface area contributed by atoms with Crippen molar-refractivity contribution in [1.82, 2.24) is 4.72 Å². The highest BCUT2D eigenvalue weighted by atomic mass is 35.5. The van der Waals surface area contributed by atoms with Crippen molar-refractivity contribution in [2.24, 2.45) is 17.6 Å². The number of nitrogens with two attached hydrogens (primary N) is 1. The van der Waals surface area contributed by atoms with Gasteiger partial charge in [0.25, 0.3) is 0 Å². The molecule has 0 spiro atoms. The molecule has 0 aliphatic heterocycles. The standard InChI is InChI=1S/C17H23N3O3S.ClH/c1-23-15-7-11(10-18)5-6-16(15)24(21,22)20-17-12-3-2-4-13(17)9-14(19)8-12;/h5-7,12-14,17,20H,2-4,8-9,19H2,1H3;1H. The lowest BCUT2D eigenvalue weighted by atomic mass is 9.67. The van der Waals surface area contributed by atoms with E-state index in [-0.39, 0.29) is 35.1 Å². The van der Waals surface area contributed by atoms with E-state index in [0.29, 0.717) is 17.4 Å². The summed E-state index contributed by atoms with van der Waals surface area (Å²) in [7, 11) is -2.31. The van der Waals surface area contributed by atoms with Crippen LogP contribution in [-0.4, -0.2) is 27.6 Å². The van der Waals surface area contributed by atoms with Gasteiger partial charge in [0, 0.05) is 12.1 Å². The van der Waals surface area contributed by atoms with Crippen LogP contribution < -0.4 is 15.2 Å². The van der Waals surface area contributed by atoms with Crippen LogP contribution in [0.25, 0.3) is 0 Å². The van der Waals surface area contributed by atoms with Gasteiger partial charge in [0.2, 0.25) is 10.0 Å². The van der Waals surface area contributed by atoms with Gasteiger partial charge >= 0.3 is 0 Å². The van der Waals surface area contributed by atoms with E-state index >= 15 is 0 Å². The predicted octanol–water partition coefficient (Wildman–Crippen LogP) is 2.17. The summed E-state index contributed by atoms with van der Waals surface area (Å²) in [6.07, 6.45) is 4.91. The fourth-order valence-corrected chi connectivity index (χ4v) is 5.71. The first kappa shape index (κ1) is 20.0. The highest BCUT2D eigenvalue weighted by molar-refractivity contribution is 7.89. The number of fused-ring (bicyclic) bond motifs is 2. The predicted molar refractivity (Wildman–Crippen MR) is 97.1 cm³/mol. The number of halogens is 1. The molecule has 0 amide bonds. The minimum atomic E-state index is -3.71. The number of ether oxygens (including phenoxy) is 1. The summed E-state index contributed by atoms with van der Waals surface area (Å²) in [6, 6.07) is 6.48. The molecule has 0 saturated heterocycles. The van der Waals surface area contributed by atoms with Crippen molar-refractivity contribution < 1.29 is 13.2 Å². The molecule has 3 N–H and O–H groups in total. The van der Waals surface area contributed by atoms with Gasteiger partial charge in [0.15, 0.2) is 0 Å². The molecular formula is C17H24ClN3O3S. The van der Waals surface area contributed by atoms with Crippen LogP contribution in [0.4, 0.5) is 0 Å². The first-order valence-corrected chi connectivity index (χ1v) is 9.79. The Balaban J connectivity index is 0.00000225. The largest absolute Gasteiger partial charge is 0.495 e. The lowest BCUT2D eigenvalue weighted by Crippen LogP contribution is -2.53. The Bertz CT molecular complexity index is 749. The summed E-state index contributed by atoms with van der Waals surface area (Å²) < 4.78 is 33.9. The normalized spacial score (nSPS) is 28.5. The monoisotopic (exact) mass is 385 g/mol. The highest BCUT2D eigenvalue weighted by Gasteiger charge is 2.41. The third-order valence-electron chi connectivity index (χ3n) is 5.25. The second-order valence-corrected chi connectivity index (χ2v) is 8.49. The smallest absolute Gasteiger partial charge is 0.244 e. The van der Waals surface area contributed by atoms with Gasteiger partial charge in [-0.3, -0.25) is 0 Å². The Hall–Kier alpha value is -1.33. The molecule has 25 heavy (non-hydrogen) atoms. The molecule has 2 bridgehead atoms. The van der Waals surface area contributed by atoms with Crippen molar-refractivity contribution in [1.29, 1.82) is 5.26 Å². The molecule has 0 heterocycles. The summed E-state index contributed by atoms with van der Waals surface area (Å²) >= 11 is 0. The average Bonchev–Trinajstić information content (AvgIpc) is 2.54. The van der Waals surface area contributed by atoms with E-state index in [1.165, 1.54) is 25.3 Å². The van der Waals surface area contributed by atoms with E-state index < -0.39 is 10.0 Å². The topological polar surface area (TPSA) is 105 Å². The molecule has 2 unspecified atom stereocenters. The Labute approximate surface area is 155 Å². The van der Waals surface area contributed by atoms with Crippen molar-refractivity contribution in [3.05, 3.63) is 23.8 Å².